The van der Waals surface area contributed by atoms with Crippen LogP contribution in [-0.4, -0.2) is 30.6 Å². The Balaban J connectivity index is 2.01. The van der Waals surface area contributed by atoms with E-state index >= 15 is 0 Å². The van der Waals surface area contributed by atoms with Crippen LogP contribution in [0.15, 0.2) is 59.5 Å². The molecular formula is C22H23N3O6S. The van der Waals surface area contributed by atoms with Crippen LogP contribution in [0.1, 0.15) is 39.8 Å². The Morgan fingerprint density at radius 1 is 1.09 bits per heavy atom. The van der Waals surface area contributed by atoms with Gasteiger partial charge in [0.2, 0.25) is 0 Å². The predicted octanol–water partition coefficient (Wildman–Crippen LogP) is 3.71. The summed E-state index contributed by atoms with van der Waals surface area (Å²) in [6.07, 6.45) is 0.231. The molecule has 0 bridgehead atoms. The van der Waals surface area contributed by atoms with Crippen molar-refractivity contribution < 1.29 is 22.9 Å². The number of hydrogen-bond acceptors (Lipinski definition) is 6. The lowest BCUT2D eigenvalue weighted by Gasteiger charge is -2.15. The second-order valence-electron chi connectivity index (χ2n) is 7.20. The molecular weight excluding hydrogens is 434 g/mol. The van der Waals surface area contributed by atoms with Crippen LogP contribution >= 0.6 is 0 Å². The van der Waals surface area contributed by atoms with Crippen LogP contribution in [0.25, 0.3) is 0 Å². The molecule has 10 heteroatoms. The van der Waals surface area contributed by atoms with Crippen molar-refractivity contribution in [3.63, 3.8) is 0 Å². The van der Waals surface area contributed by atoms with Crippen molar-refractivity contribution in [1.29, 1.82) is 0 Å². The van der Waals surface area contributed by atoms with Gasteiger partial charge in [-0.3, -0.25) is 14.8 Å². The molecule has 32 heavy (non-hydrogen) atoms. The first-order chi connectivity index (χ1) is 15.1. The monoisotopic (exact) mass is 457 g/mol. The first-order valence-electron chi connectivity index (χ1n) is 9.83. The number of sulfonamides is 1. The van der Waals surface area contributed by atoms with Gasteiger partial charge in [-0.25, -0.2) is 9.63 Å². The van der Waals surface area contributed by atoms with E-state index in [1.165, 1.54) is 28.9 Å². The van der Waals surface area contributed by atoms with Gasteiger partial charge in [0.25, 0.3) is 15.7 Å². The highest BCUT2D eigenvalue weighted by atomic mass is 32.2. The maximum Gasteiger partial charge on any atom is 0.340 e. The lowest BCUT2D eigenvalue weighted by atomic mass is 10.1. The number of benzene rings is 2. The van der Waals surface area contributed by atoms with E-state index in [0.717, 1.165) is 5.56 Å². The average molecular weight is 458 g/mol. The highest BCUT2D eigenvalue weighted by Crippen LogP contribution is 2.22. The molecule has 3 aromatic rings. The minimum atomic E-state index is -3.94. The number of nitro groups is 1. The van der Waals surface area contributed by atoms with Gasteiger partial charge >= 0.3 is 5.97 Å². The van der Waals surface area contributed by atoms with E-state index in [1.807, 2.05) is 6.92 Å². The van der Waals surface area contributed by atoms with Crippen molar-refractivity contribution in [3.05, 3.63) is 92.8 Å². The third kappa shape index (κ3) is 4.97. The van der Waals surface area contributed by atoms with Crippen LogP contribution in [0.4, 0.5) is 5.69 Å². The third-order valence-corrected chi connectivity index (χ3v) is 6.21. The molecule has 0 aliphatic rings. The quantitative estimate of drug-likeness (QED) is 0.313. The van der Waals surface area contributed by atoms with Gasteiger partial charge in [-0.05, 0) is 44.5 Å². The SMILES string of the molecule is CCOC(=O)c1cc(Cc2ccc([N+](=O)[O-])cc2)n(NS(=O)(=O)c2ccc(C)cc2)c1C. The number of nitrogens with zero attached hydrogens (tertiary/aromatic N) is 2. The molecule has 0 saturated heterocycles. The molecule has 0 atom stereocenters. The molecule has 0 radical (unpaired) electrons. The number of ether oxygens (including phenoxy) is 1. The van der Waals surface area contributed by atoms with Gasteiger partial charge in [0.05, 0.1) is 27.7 Å². The van der Waals surface area contributed by atoms with Gasteiger partial charge in [-0.2, -0.15) is 8.42 Å². The van der Waals surface area contributed by atoms with Crippen molar-refractivity contribution in [2.45, 2.75) is 32.1 Å². The molecule has 1 N–H and O–H groups in total. The van der Waals surface area contributed by atoms with E-state index in [9.17, 15) is 23.3 Å². The molecule has 1 aromatic heterocycles. The first kappa shape index (κ1) is 23.0. The molecule has 0 amide bonds. The summed E-state index contributed by atoms with van der Waals surface area (Å²) in [5, 5.41) is 10.9. The highest BCUT2D eigenvalue weighted by Gasteiger charge is 2.23. The lowest BCUT2D eigenvalue weighted by molar-refractivity contribution is -0.384. The summed E-state index contributed by atoms with van der Waals surface area (Å²) < 4.78 is 32.4. The summed E-state index contributed by atoms with van der Waals surface area (Å²) in [4.78, 5) is 25.4. The highest BCUT2D eigenvalue weighted by molar-refractivity contribution is 7.92. The number of rotatable bonds is 8. The number of nitrogens with one attached hydrogen (secondary N) is 1. The number of aryl methyl sites for hydroxylation is 1. The number of esters is 1. The first-order valence-corrected chi connectivity index (χ1v) is 11.3. The fourth-order valence-electron chi connectivity index (χ4n) is 3.18. The summed E-state index contributed by atoms with van der Waals surface area (Å²) in [5.41, 5.74) is 2.66. The molecule has 168 valence electrons. The number of nitro benzene ring substituents is 1. The van der Waals surface area contributed by atoms with Gasteiger partial charge in [-0.1, -0.05) is 29.8 Å². The minimum Gasteiger partial charge on any atom is -0.462 e. The van der Waals surface area contributed by atoms with Crippen LogP contribution in [0.3, 0.4) is 0 Å². The standard InChI is InChI=1S/C22H23N3O6S/c1-4-31-22(26)21-14-19(13-17-7-9-18(10-8-17)25(27)28)24(16(21)3)23-32(29,30)20-11-5-15(2)6-12-20/h5-12,14,23H,4,13H2,1-3H3. The summed E-state index contributed by atoms with van der Waals surface area (Å²) in [7, 11) is -3.94. The molecule has 9 nitrogen and oxygen atoms in total. The second kappa shape index (κ2) is 9.23. The zero-order valence-electron chi connectivity index (χ0n) is 17.9. The number of carbonyl (C=O) groups is 1. The van der Waals surface area contributed by atoms with E-state index in [4.69, 9.17) is 4.74 Å². The van der Waals surface area contributed by atoms with E-state index in [0.29, 0.717) is 17.0 Å². The number of non-ortho nitro benzene ring substituents is 1. The Hall–Kier alpha value is -3.66. The molecule has 0 aliphatic carbocycles. The Morgan fingerprint density at radius 3 is 2.28 bits per heavy atom. The van der Waals surface area contributed by atoms with E-state index in [-0.39, 0.29) is 29.2 Å². The lowest BCUT2D eigenvalue weighted by Crippen LogP contribution is -2.26. The second-order valence-corrected chi connectivity index (χ2v) is 8.86. The predicted molar refractivity (Wildman–Crippen MR) is 119 cm³/mol. The van der Waals surface area contributed by atoms with Crippen LogP contribution in [0.2, 0.25) is 0 Å². The van der Waals surface area contributed by atoms with E-state index in [2.05, 4.69) is 4.83 Å². The molecule has 0 saturated carbocycles. The topological polar surface area (TPSA) is 121 Å². The Morgan fingerprint density at radius 2 is 1.72 bits per heavy atom. The van der Waals surface area contributed by atoms with E-state index < -0.39 is 20.9 Å². The van der Waals surface area contributed by atoms with Crippen molar-refractivity contribution in [3.8, 4) is 0 Å². The Kier molecular flexibility index (Phi) is 6.64. The molecule has 0 aliphatic heterocycles. The molecule has 0 unspecified atom stereocenters. The molecule has 0 fully saturated rings. The fraction of sp³-hybridized carbons (Fsp3) is 0.227. The molecule has 2 aromatic carbocycles. The summed E-state index contributed by atoms with van der Waals surface area (Å²) in [6, 6.07) is 13.9. The average Bonchev–Trinajstić information content (AvgIpc) is 3.04. The summed E-state index contributed by atoms with van der Waals surface area (Å²) in [5.74, 6) is -0.566. The van der Waals surface area contributed by atoms with Gasteiger partial charge in [-0.15, -0.1) is 0 Å². The summed E-state index contributed by atoms with van der Waals surface area (Å²) >= 11 is 0. The number of hydrogen-bond donors (Lipinski definition) is 1. The summed E-state index contributed by atoms with van der Waals surface area (Å²) in [6.45, 7) is 5.33. The van der Waals surface area contributed by atoms with Crippen LogP contribution in [0.5, 0.6) is 0 Å². The third-order valence-electron chi connectivity index (χ3n) is 4.89. The Bertz CT molecular complexity index is 1250. The number of aromatic nitrogens is 1. The zero-order valence-corrected chi connectivity index (χ0v) is 18.7. The van der Waals surface area contributed by atoms with Crippen molar-refractivity contribution in [2.24, 2.45) is 0 Å². The van der Waals surface area contributed by atoms with Gasteiger partial charge in [0.15, 0.2) is 0 Å². The molecule has 1 heterocycles. The molecule has 0 spiro atoms. The van der Waals surface area contributed by atoms with Crippen molar-refractivity contribution >= 4 is 21.7 Å². The normalized spacial score (nSPS) is 11.2. The smallest absolute Gasteiger partial charge is 0.340 e. The van der Waals surface area contributed by atoms with Crippen LogP contribution in [-0.2, 0) is 21.2 Å². The fourth-order valence-corrected chi connectivity index (χ4v) is 4.27. The van der Waals surface area contributed by atoms with Gasteiger partial charge in [0.1, 0.15) is 0 Å². The zero-order chi connectivity index (χ0) is 23.5. The van der Waals surface area contributed by atoms with Crippen LogP contribution < -0.4 is 4.83 Å². The minimum absolute atomic E-state index is 0.0485. The maximum atomic E-state index is 13.0. The van der Waals surface area contributed by atoms with Crippen LogP contribution in [0, 0.1) is 24.0 Å². The van der Waals surface area contributed by atoms with Gasteiger partial charge < -0.3 is 4.74 Å². The van der Waals surface area contributed by atoms with Gasteiger partial charge in [0, 0.05) is 24.2 Å². The largest absolute Gasteiger partial charge is 0.462 e. The molecule has 3 rings (SSSR count). The van der Waals surface area contributed by atoms with E-state index in [1.54, 1.807) is 44.2 Å². The number of carbonyl (C=O) groups excluding carboxylic acids is 1. The van der Waals surface area contributed by atoms with Crippen molar-refractivity contribution in [2.75, 3.05) is 11.4 Å². The van der Waals surface area contributed by atoms with Crippen molar-refractivity contribution in [1.82, 2.24) is 4.68 Å². The Labute approximate surface area is 185 Å². The maximum absolute atomic E-state index is 13.0.